The van der Waals surface area contributed by atoms with E-state index in [1.54, 1.807) is 0 Å². The number of ether oxygens (including phenoxy) is 1. The third kappa shape index (κ3) is 4.87. The van der Waals surface area contributed by atoms with Gasteiger partial charge in [0.2, 0.25) is 0 Å². The van der Waals surface area contributed by atoms with Crippen LogP contribution in [0.4, 0.5) is 13.2 Å². The lowest BCUT2D eigenvalue weighted by Gasteiger charge is -2.18. The molecule has 0 aliphatic carbocycles. The van der Waals surface area contributed by atoms with Gasteiger partial charge in [-0.1, -0.05) is 34.6 Å². The second-order valence-electron chi connectivity index (χ2n) is 4.31. The Balaban J connectivity index is 3.05. The SMILES string of the molecule is C=C(Br)C[C@@H](NC(=O)c1ccccc1C(F)(F)F)C(=O)OC. The predicted molar refractivity (Wildman–Crippen MR) is 77.4 cm³/mol. The zero-order chi connectivity index (χ0) is 16.9. The molecule has 0 bridgehead atoms. The molecule has 0 saturated carbocycles. The maximum atomic E-state index is 12.9. The Morgan fingerprint density at radius 2 is 1.95 bits per heavy atom. The number of benzene rings is 1. The Morgan fingerprint density at radius 3 is 2.45 bits per heavy atom. The number of rotatable bonds is 5. The van der Waals surface area contributed by atoms with Crippen molar-refractivity contribution in [1.29, 1.82) is 0 Å². The number of hydrogen-bond donors (Lipinski definition) is 1. The fraction of sp³-hybridized carbons (Fsp3) is 0.286. The number of carbonyl (C=O) groups excluding carboxylic acids is 2. The van der Waals surface area contributed by atoms with E-state index >= 15 is 0 Å². The molecule has 1 N–H and O–H groups in total. The molecule has 8 heteroatoms. The molecule has 0 aromatic heterocycles. The van der Waals surface area contributed by atoms with Gasteiger partial charge in [0.05, 0.1) is 18.2 Å². The highest BCUT2D eigenvalue weighted by molar-refractivity contribution is 9.11. The summed E-state index contributed by atoms with van der Waals surface area (Å²) in [6.07, 6.45) is -4.68. The quantitative estimate of drug-likeness (QED) is 0.798. The van der Waals surface area contributed by atoms with Crippen molar-refractivity contribution >= 4 is 27.8 Å². The van der Waals surface area contributed by atoms with Gasteiger partial charge < -0.3 is 10.1 Å². The maximum absolute atomic E-state index is 12.9. The summed E-state index contributed by atoms with van der Waals surface area (Å²) in [5.74, 6) is -1.80. The van der Waals surface area contributed by atoms with Crippen molar-refractivity contribution in [2.45, 2.75) is 18.6 Å². The summed E-state index contributed by atoms with van der Waals surface area (Å²) < 4.78 is 43.6. The van der Waals surface area contributed by atoms with Gasteiger partial charge in [-0.25, -0.2) is 4.79 Å². The zero-order valence-electron chi connectivity index (χ0n) is 11.5. The predicted octanol–water partition coefficient (Wildman–Crippen LogP) is 3.28. The topological polar surface area (TPSA) is 55.4 Å². The van der Waals surface area contributed by atoms with Gasteiger partial charge in [0.1, 0.15) is 6.04 Å². The monoisotopic (exact) mass is 379 g/mol. The molecule has 4 nitrogen and oxygen atoms in total. The fourth-order valence-corrected chi connectivity index (χ4v) is 2.05. The van der Waals surface area contributed by atoms with Crippen molar-refractivity contribution in [1.82, 2.24) is 5.32 Å². The Morgan fingerprint density at radius 1 is 1.36 bits per heavy atom. The lowest BCUT2D eigenvalue weighted by Crippen LogP contribution is -2.42. The van der Waals surface area contributed by atoms with Crippen LogP contribution in [0.1, 0.15) is 22.3 Å². The second kappa shape index (κ2) is 7.44. The van der Waals surface area contributed by atoms with Crippen LogP contribution in [-0.2, 0) is 15.7 Å². The van der Waals surface area contributed by atoms with Gasteiger partial charge in [-0.05, 0) is 16.6 Å². The summed E-state index contributed by atoms with van der Waals surface area (Å²) in [5.41, 5.74) is -1.64. The largest absolute Gasteiger partial charge is 0.467 e. The average molecular weight is 380 g/mol. The number of alkyl halides is 3. The van der Waals surface area contributed by atoms with Crippen molar-refractivity contribution in [3.05, 3.63) is 46.5 Å². The summed E-state index contributed by atoms with van der Waals surface area (Å²) in [5, 5.41) is 2.22. The van der Waals surface area contributed by atoms with E-state index in [0.717, 1.165) is 19.2 Å². The molecule has 1 amide bonds. The molecule has 0 aliphatic heterocycles. The maximum Gasteiger partial charge on any atom is 0.417 e. The lowest BCUT2D eigenvalue weighted by molar-refractivity contribution is -0.142. The van der Waals surface area contributed by atoms with Crippen LogP contribution < -0.4 is 5.32 Å². The number of hydrogen-bond acceptors (Lipinski definition) is 3. The van der Waals surface area contributed by atoms with E-state index in [1.807, 2.05) is 0 Å². The first-order valence-corrected chi connectivity index (χ1v) is 6.84. The third-order valence-corrected chi connectivity index (χ3v) is 3.02. The molecule has 0 unspecified atom stereocenters. The molecular weight excluding hydrogens is 367 g/mol. The van der Waals surface area contributed by atoms with Gasteiger partial charge in [0.15, 0.2) is 0 Å². The highest BCUT2D eigenvalue weighted by Crippen LogP contribution is 2.31. The van der Waals surface area contributed by atoms with Gasteiger partial charge in [0.25, 0.3) is 5.91 Å². The number of methoxy groups -OCH3 is 1. The summed E-state index contributed by atoms with van der Waals surface area (Å²) in [6.45, 7) is 3.53. The molecule has 0 aliphatic rings. The van der Waals surface area contributed by atoms with Crippen molar-refractivity contribution in [3.63, 3.8) is 0 Å². The molecule has 0 spiro atoms. The highest BCUT2D eigenvalue weighted by atomic mass is 79.9. The van der Waals surface area contributed by atoms with Gasteiger partial charge in [-0.3, -0.25) is 4.79 Å². The molecule has 120 valence electrons. The molecule has 0 radical (unpaired) electrons. The van der Waals surface area contributed by atoms with Crippen LogP contribution in [-0.4, -0.2) is 25.0 Å². The minimum Gasteiger partial charge on any atom is -0.467 e. The Hall–Kier alpha value is -1.83. The highest BCUT2D eigenvalue weighted by Gasteiger charge is 2.35. The molecule has 1 atom stereocenters. The van der Waals surface area contributed by atoms with Gasteiger partial charge in [0, 0.05) is 6.42 Å². The molecule has 22 heavy (non-hydrogen) atoms. The fourth-order valence-electron chi connectivity index (χ4n) is 1.72. The molecule has 0 heterocycles. The second-order valence-corrected chi connectivity index (χ2v) is 5.44. The molecular formula is C14H13BrF3NO3. The van der Waals surface area contributed by atoms with Crippen molar-refractivity contribution < 1.29 is 27.5 Å². The Kier molecular flexibility index (Phi) is 6.16. The first-order valence-electron chi connectivity index (χ1n) is 6.05. The minimum absolute atomic E-state index is 0.00734. The number of nitrogens with one attached hydrogen (secondary N) is 1. The van der Waals surface area contributed by atoms with E-state index in [2.05, 4.69) is 32.6 Å². The lowest BCUT2D eigenvalue weighted by atomic mass is 10.1. The molecule has 1 aromatic rings. The van der Waals surface area contributed by atoms with Crippen LogP contribution >= 0.6 is 15.9 Å². The Bertz CT molecular complexity index is 587. The van der Waals surface area contributed by atoms with Gasteiger partial charge in [-0.2, -0.15) is 13.2 Å². The van der Waals surface area contributed by atoms with E-state index in [9.17, 15) is 22.8 Å². The van der Waals surface area contributed by atoms with Gasteiger partial charge >= 0.3 is 12.1 Å². The van der Waals surface area contributed by atoms with E-state index in [4.69, 9.17) is 0 Å². The first kappa shape index (κ1) is 18.2. The molecule has 0 saturated heterocycles. The van der Waals surface area contributed by atoms with Crippen LogP contribution in [0, 0.1) is 0 Å². The van der Waals surface area contributed by atoms with Crippen molar-refractivity contribution in [2.75, 3.05) is 7.11 Å². The average Bonchev–Trinajstić information content (AvgIpc) is 2.44. The van der Waals surface area contributed by atoms with E-state index in [-0.39, 0.29) is 6.42 Å². The van der Waals surface area contributed by atoms with Crippen LogP contribution in [0.5, 0.6) is 0 Å². The van der Waals surface area contributed by atoms with Crippen molar-refractivity contribution in [2.24, 2.45) is 0 Å². The standard InChI is InChI=1S/C14H13BrF3NO3/c1-8(15)7-11(13(21)22-2)19-12(20)9-5-3-4-6-10(9)14(16,17)18/h3-6,11H,1,7H2,2H3,(H,19,20)/t11-/m1/s1. The summed E-state index contributed by atoms with van der Waals surface area (Å²) >= 11 is 3.03. The molecule has 1 aromatic carbocycles. The minimum atomic E-state index is -4.67. The number of esters is 1. The van der Waals surface area contributed by atoms with Crippen LogP contribution in [0.25, 0.3) is 0 Å². The summed E-state index contributed by atoms with van der Waals surface area (Å²) in [7, 11) is 1.11. The number of carbonyl (C=O) groups is 2. The number of halogens is 4. The van der Waals surface area contributed by atoms with Gasteiger partial charge in [-0.15, -0.1) is 0 Å². The van der Waals surface area contributed by atoms with E-state index in [1.165, 1.54) is 12.1 Å². The molecule has 0 fully saturated rings. The van der Waals surface area contributed by atoms with Crippen molar-refractivity contribution in [3.8, 4) is 0 Å². The first-order chi connectivity index (χ1) is 10.2. The summed E-state index contributed by atoms with van der Waals surface area (Å²) in [4.78, 5) is 23.6. The zero-order valence-corrected chi connectivity index (χ0v) is 13.1. The third-order valence-electron chi connectivity index (χ3n) is 2.69. The normalized spacial score (nSPS) is 12.4. The summed E-state index contributed by atoms with van der Waals surface area (Å²) in [6, 6.07) is 3.19. The smallest absolute Gasteiger partial charge is 0.417 e. The van der Waals surface area contributed by atoms with Crippen LogP contribution in [0.3, 0.4) is 0 Å². The number of amides is 1. The van der Waals surface area contributed by atoms with Crippen LogP contribution in [0.2, 0.25) is 0 Å². The van der Waals surface area contributed by atoms with Crippen LogP contribution in [0.15, 0.2) is 35.3 Å². The van der Waals surface area contributed by atoms with E-state index in [0.29, 0.717) is 4.48 Å². The Labute approximate surface area is 133 Å². The van der Waals surface area contributed by atoms with E-state index < -0.39 is 35.2 Å². The molecule has 1 rings (SSSR count).